The van der Waals surface area contributed by atoms with Crippen molar-refractivity contribution in [1.82, 2.24) is 0 Å². The first-order valence-electron chi connectivity index (χ1n) is 7.96. The van der Waals surface area contributed by atoms with Crippen molar-refractivity contribution in [2.24, 2.45) is 29.4 Å². The molecule has 1 heteroatoms. The summed E-state index contributed by atoms with van der Waals surface area (Å²) in [6.45, 7) is 4.76. The summed E-state index contributed by atoms with van der Waals surface area (Å²) in [5, 5.41) is 0. The van der Waals surface area contributed by atoms with Crippen molar-refractivity contribution in [3.63, 3.8) is 0 Å². The number of nitrogens with two attached hydrogens (primary N) is 1. The van der Waals surface area contributed by atoms with Crippen LogP contribution in [0.25, 0.3) is 0 Å². The fourth-order valence-corrected chi connectivity index (χ4v) is 4.27. The second-order valence-electron chi connectivity index (χ2n) is 6.81. The van der Waals surface area contributed by atoms with E-state index in [2.05, 4.69) is 13.8 Å². The Morgan fingerprint density at radius 3 is 2.29 bits per heavy atom. The molecule has 0 spiro atoms. The second kappa shape index (κ2) is 6.22. The molecule has 0 aromatic carbocycles. The lowest BCUT2D eigenvalue weighted by Gasteiger charge is -2.39. The van der Waals surface area contributed by atoms with E-state index >= 15 is 0 Å². The average molecular weight is 237 g/mol. The zero-order valence-corrected chi connectivity index (χ0v) is 11.8. The van der Waals surface area contributed by atoms with Crippen molar-refractivity contribution >= 4 is 0 Å². The zero-order valence-electron chi connectivity index (χ0n) is 11.8. The van der Waals surface area contributed by atoms with Crippen LogP contribution in [0.1, 0.15) is 71.6 Å². The summed E-state index contributed by atoms with van der Waals surface area (Å²) in [6, 6.07) is 0.507. The summed E-state index contributed by atoms with van der Waals surface area (Å²) in [5.41, 5.74) is 6.60. The second-order valence-corrected chi connectivity index (χ2v) is 6.81. The molecule has 2 fully saturated rings. The van der Waals surface area contributed by atoms with E-state index in [4.69, 9.17) is 5.73 Å². The first-order valence-corrected chi connectivity index (χ1v) is 7.96. The molecule has 2 N–H and O–H groups in total. The Morgan fingerprint density at radius 1 is 1.00 bits per heavy atom. The average Bonchev–Trinajstić information content (AvgIpc) is 2.38. The van der Waals surface area contributed by atoms with Gasteiger partial charge in [0.1, 0.15) is 0 Å². The molecule has 0 heterocycles. The monoisotopic (exact) mass is 237 g/mol. The third kappa shape index (κ3) is 3.47. The van der Waals surface area contributed by atoms with Crippen LogP contribution in [0.4, 0.5) is 0 Å². The maximum absolute atomic E-state index is 6.60. The normalized spacial score (nSPS) is 41.1. The smallest absolute Gasteiger partial charge is 0.00958 e. The molecule has 0 radical (unpaired) electrons. The number of hydrogen-bond acceptors (Lipinski definition) is 1. The highest BCUT2D eigenvalue weighted by atomic mass is 14.7. The fourth-order valence-electron chi connectivity index (χ4n) is 4.27. The molecular weight excluding hydrogens is 206 g/mol. The Balaban J connectivity index is 1.87. The fraction of sp³-hybridized carbons (Fsp3) is 1.00. The molecule has 17 heavy (non-hydrogen) atoms. The van der Waals surface area contributed by atoms with Crippen LogP contribution in [0, 0.1) is 23.7 Å². The minimum atomic E-state index is 0.507. The standard InChI is InChI=1S/C16H31N/c1-3-13-7-5-9-15(11-13)16(17)14-8-4-6-12(2)10-14/h12-16H,3-11,17H2,1-2H3. The van der Waals surface area contributed by atoms with E-state index in [1.807, 2.05) is 0 Å². The molecule has 2 aliphatic rings. The topological polar surface area (TPSA) is 26.0 Å². The lowest BCUT2D eigenvalue weighted by atomic mass is 9.69. The first-order chi connectivity index (χ1) is 8.20. The van der Waals surface area contributed by atoms with Gasteiger partial charge in [-0.15, -0.1) is 0 Å². The first kappa shape index (κ1) is 13.4. The van der Waals surface area contributed by atoms with Crippen LogP contribution in [-0.2, 0) is 0 Å². The number of hydrogen-bond donors (Lipinski definition) is 1. The molecule has 0 aromatic heterocycles. The Labute approximate surface area is 108 Å². The third-order valence-corrected chi connectivity index (χ3v) is 5.47. The lowest BCUT2D eigenvalue weighted by molar-refractivity contribution is 0.154. The SMILES string of the molecule is CCC1CCCC(C(N)C2CCCC(C)C2)C1. The number of rotatable bonds is 3. The molecule has 0 saturated heterocycles. The molecule has 2 aliphatic carbocycles. The van der Waals surface area contributed by atoms with Crippen LogP contribution >= 0.6 is 0 Å². The Bertz CT molecular complexity index is 226. The van der Waals surface area contributed by atoms with Gasteiger partial charge in [-0.2, -0.15) is 0 Å². The van der Waals surface area contributed by atoms with Gasteiger partial charge in [0, 0.05) is 6.04 Å². The quantitative estimate of drug-likeness (QED) is 0.775. The summed E-state index contributed by atoms with van der Waals surface area (Å²) < 4.78 is 0. The molecule has 5 atom stereocenters. The van der Waals surface area contributed by atoms with Crippen molar-refractivity contribution in [2.45, 2.75) is 77.7 Å². The summed E-state index contributed by atoms with van der Waals surface area (Å²) in [7, 11) is 0. The maximum atomic E-state index is 6.60. The minimum Gasteiger partial charge on any atom is -0.327 e. The molecule has 1 nitrogen and oxygen atoms in total. The minimum absolute atomic E-state index is 0.507. The molecule has 100 valence electrons. The van der Waals surface area contributed by atoms with Gasteiger partial charge >= 0.3 is 0 Å². The molecule has 0 aromatic rings. The summed E-state index contributed by atoms with van der Waals surface area (Å²) in [5.74, 6) is 3.56. The van der Waals surface area contributed by atoms with Crippen LogP contribution in [-0.4, -0.2) is 6.04 Å². The van der Waals surface area contributed by atoms with Crippen LogP contribution < -0.4 is 5.73 Å². The Kier molecular flexibility index (Phi) is 4.90. The van der Waals surface area contributed by atoms with E-state index in [-0.39, 0.29) is 0 Å². The largest absolute Gasteiger partial charge is 0.327 e. The van der Waals surface area contributed by atoms with Gasteiger partial charge in [-0.05, 0) is 49.4 Å². The molecule has 2 saturated carbocycles. The molecule has 0 bridgehead atoms. The van der Waals surface area contributed by atoms with Gasteiger partial charge in [-0.3, -0.25) is 0 Å². The van der Waals surface area contributed by atoms with Crippen LogP contribution in [0.3, 0.4) is 0 Å². The zero-order chi connectivity index (χ0) is 12.3. The predicted octanol–water partition coefficient (Wildman–Crippen LogP) is 4.36. The van der Waals surface area contributed by atoms with E-state index in [1.54, 1.807) is 0 Å². The summed E-state index contributed by atoms with van der Waals surface area (Å²) in [6.07, 6.45) is 12.7. The molecule has 0 aliphatic heterocycles. The highest BCUT2D eigenvalue weighted by molar-refractivity contribution is 4.87. The maximum Gasteiger partial charge on any atom is 0.00958 e. The third-order valence-electron chi connectivity index (χ3n) is 5.47. The molecule has 2 rings (SSSR count). The summed E-state index contributed by atoms with van der Waals surface area (Å²) in [4.78, 5) is 0. The predicted molar refractivity (Wildman–Crippen MR) is 74.8 cm³/mol. The van der Waals surface area contributed by atoms with Crippen molar-refractivity contribution in [3.8, 4) is 0 Å². The van der Waals surface area contributed by atoms with Crippen LogP contribution in [0.2, 0.25) is 0 Å². The van der Waals surface area contributed by atoms with Gasteiger partial charge in [0.25, 0.3) is 0 Å². The Hall–Kier alpha value is -0.0400. The van der Waals surface area contributed by atoms with E-state index in [0.29, 0.717) is 6.04 Å². The molecule has 0 amide bonds. The van der Waals surface area contributed by atoms with Crippen molar-refractivity contribution in [3.05, 3.63) is 0 Å². The van der Waals surface area contributed by atoms with E-state index < -0.39 is 0 Å². The van der Waals surface area contributed by atoms with Gasteiger partial charge in [0.15, 0.2) is 0 Å². The van der Waals surface area contributed by atoms with Crippen molar-refractivity contribution in [2.75, 3.05) is 0 Å². The van der Waals surface area contributed by atoms with Crippen LogP contribution in [0.5, 0.6) is 0 Å². The van der Waals surface area contributed by atoms with Crippen molar-refractivity contribution < 1.29 is 0 Å². The Morgan fingerprint density at radius 2 is 1.65 bits per heavy atom. The van der Waals surface area contributed by atoms with Gasteiger partial charge in [-0.1, -0.05) is 46.0 Å². The summed E-state index contributed by atoms with van der Waals surface area (Å²) >= 11 is 0. The van der Waals surface area contributed by atoms with E-state index in [1.165, 1.54) is 57.8 Å². The van der Waals surface area contributed by atoms with Crippen molar-refractivity contribution in [1.29, 1.82) is 0 Å². The molecular formula is C16H31N. The lowest BCUT2D eigenvalue weighted by Crippen LogP contribution is -2.41. The van der Waals surface area contributed by atoms with Gasteiger partial charge in [0.2, 0.25) is 0 Å². The van der Waals surface area contributed by atoms with Crippen LogP contribution in [0.15, 0.2) is 0 Å². The highest BCUT2D eigenvalue weighted by Gasteiger charge is 2.32. The van der Waals surface area contributed by atoms with Gasteiger partial charge < -0.3 is 5.73 Å². The molecule has 5 unspecified atom stereocenters. The van der Waals surface area contributed by atoms with Gasteiger partial charge in [-0.25, -0.2) is 0 Å². The van der Waals surface area contributed by atoms with Gasteiger partial charge in [0.05, 0.1) is 0 Å². The van der Waals surface area contributed by atoms with E-state index in [0.717, 1.165) is 23.7 Å². The highest BCUT2D eigenvalue weighted by Crippen LogP contribution is 2.38. The van der Waals surface area contributed by atoms with E-state index in [9.17, 15) is 0 Å².